The number of aromatic carboxylic acids is 1. The van der Waals surface area contributed by atoms with Gasteiger partial charge in [-0.05, 0) is 19.4 Å². The maximum atomic E-state index is 10.5. The molecule has 3 N–H and O–H groups in total. The van der Waals surface area contributed by atoms with Crippen LogP contribution in [0.15, 0.2) is 6.20 Å². The van der Waals surface area contributed by atoms with Crippen LogP contribution in [0.4, 0.5) is 0 Å². The molecule has 0 amide bonds. The third-order valence-electron chi connectivity index (χ3n) is 2.40. The van der Waals surface area contributed by atoms with Crippen LogP contribution in [0.2, 0.25) is 0 Å². The van der Waals surface area contributed by atoms with Gasteiger partial charge in [0.15, 0.2) is 5.69 Å². The molecule has 1 atom stereocenters. The zero-order chi connectivity index (χ0) is 12.7. The van der Waals surface area contributed by atoms with E-state index in [4.69, 9.17) is 5.11 Å². The van der Waals surface area contributed by atoms with Gasteiger partial charge in [-0.25, -0.2) is 4.79 Å². The van der Waals surface area contributed by atoms with Gasteiger partial charge in [-0.3, -0.25) is 4.68 Å². The number of carbonyl (C=O) groups is 1. The first-order chi connectivity index (χ1) is 8.13. The van der Waals surface area contributed by atoms with Gasteiger partial charge in [0.25, 0.3) is 0 Å². The van der Waals surface area contributed by atoms with Crippen molar-refractivity contribution >= 4 is 5.97 Å². The van der Waals surface area contributed by atoms with Crippen molar-refractivity contribution in [1.29, 1.82) is 0 Å². The van der Waals surface area contributed by atoms with Crippen molar-refractivity contribution < 1.29 is 15.0 Å². The molecule has 0 saturated carbocycles. The lowest BCUT2D eigenvalue weighted by molar-refractivity contribution is 0.0690. The molecule has 7 heteroatoms. The average Bonchev–Trinajstić information content (AvgIpc) is 2.77. The Labute approximate surface area is 99.4 Å². The summed E-state index contributed by atoms with van der Waals surface area (Å²) < 4.78 is 1.48. The van der Waals surface area contributed by atoms with E-state index < -0.39 is 5.97 Å². The molecule has 0 aliphatic heterocycles. The molecule has 1 aromatic rings. The molecule has 1 rings (SSSR count). The minimum absolute atomic E-state index is 0.0496. The summed E-state index contributed by atoms with van der Waals surface area (Å²) in [6.45, 7) is 3.89. The Morgan fingerprint density at radius 1 is 1.59 bits per heavy atom. The van der Waals surface area contributed by atoms with Crippen molar-refractivity contribution in [2.24, 2.45) is 0 Å². The average molecular weight is 242 g/mol. The number of rotatable bonds is 8. The number of nitrogens with one attached hydrogen (secondary N) is 1. The molecule has 96 valence electrons. The van der Waals surface area contributed by atoms with Crippen LogP contribution in [0.5, 0.6) is 0 Å². The van der Waals surface area contributed by atoms with Gasteiger partial charge in [0.1, 0.15) is 0 Å². The van der Waals surface area contributed by atoms with E-state index in [0.717, 1.165) is 13.0 Å². The van der Waals surface area contributed by atoms with E-state index in [-0.39, 0.29) is 11.8 Å². The highest BCUT2D eigenvalue weighted by Crippen LogP contribution is 1.94. The number of nitrogens with zero attached hydrogens (tertiary/aromatic N) is 3. The van der Waals surface area contributed by atoms with Crippen LogP contribution in [0.3, 0.4) is 0 Å². The van der Waals surface area contributed by atoms with E-state index >= 15 is 0 Å². The van der Waals surface area contributed by atoms with Gasteiger partial charge in [-0.1, -0.05) is 12.1 Å². The quantitative estimate of drug-likeness (QED) is 0.542. The van der Waals surface area contributed by atoms with Crippen LogP contribution in [-0.4, -0.2) is 50.4 Å². The molecule has 1 aromatic heterocycles. The third-order valence-corrected chi connectivity index (χ3v) is 2.40. The second-order valence-corrected chi connectivity index (χ2v) is 3.77. The highest BCUT2D eigenvalue weighted by molar-refractivity contribution is 5.84. The Morgan fingerprint density at radius 2 is 2.35 bits per heavy atom. The van der Waals surface area contributed by atoms with E-state index in [0.29, 0.717) is 19.5 Å². The molecule has 0 aliphatic carbocycles. The standard InChI is InChI=1S/C10H18N4O3/c1-2-8(15)3-4-11-5-6-14-7-9(10(16)17)12-13-14/h7-8,11,15H,2-6H2,1H3,(H,16,17). The molecule has 1 unspecified atom stereocenters. The van der Waals surface area contributed by atoms with E-state index in [1.807, 2.05) is 6.92 Å². The van der Waals surface area contributed by atoms with Crippen molar-refractivity contribution in [3.8, 4) is 0 Å². The fourth-order valence-electron chi connectivity index (χ4n) is 1.30. The minimum atomic E-state index is -1.07. The predicted molar refractivity (Wildman–Crippen MR) is 60.8 cm³/mol. The number of hydrogen-bond donors (Lipinski definition) is 3. The maximum absolute atomic E-state index is 10.5. The number of hydrogen-bond acceptors (Lipinski definition) is 5. The second-order valence-electron chi connectivity index (χ2n) is 3.77. The molecule has 0 fully saturated rings. The van der Waals surface area contributed by atoms with Crippen LogP contribution in [0.25, 0.3) is 0 Å². The summed E-state index contributed by atoms with van der Waals surface area (Å²) in [5.41, 5.74) is -0.0496. The zero-order valence-electron chi connectivity index (χ0n) is 9.83. The third kappa shape index (κ3) is 4.92. The molecule has 0 saturated heterocycles. The fourth-order valence-corrected chi connectivity index (χ4v) is 1.30. The molecule has 0 spiro atoms. The Balaban J connectivity index is 2.15. The summed E-state index contributed by atoms with van der Waals surface area (Å²) in [7, 11) is 0. The molecule has 17 heavy (non-hydrogen) atoms. The zero-order valence-corrected chi connectivity index (χ0v) is 9.83. The molecule has 0 bridgehead atoms. The van der Waals surface area contributed by atoms with Crippen molar-refractivity contribution in [2.75, 3.05) is 13.1 Å². The summed E-state index contributed by atoms with van der Waals surface area (Å²) in [6.07, 6.45) is 2.61. The number of aliphatic hydroxyl groups excluding tert-OH is 1. The Morgan fingerprint density at radius 3 is 2.94 bits per heavy atom. The highest BCUT2D eigenvalue weighted by atomic mass is 16.4. The lowest BCUT2D eigenvalue weighted by Crippen LogP contribution is -2.24. The van der Waals surface area contributed by atoms with Crippen LogP contribution in [-0.2, 0) is 6.54 Å². The van der Waals surface area contributed by atoms with Gasteiger partial charge < -0.3 is 15.5 Å². The Bertz CT molecular complexity index is 353. The highest BCUT2D eigenvalue weighted by Gasteiger charge is 2.07. The van der Waals surface area contributed by atoms with E-state index in [2.05, 4.69) is 15.6 Å². The fraction of sp³-hybridized carbons (Fsp3) is 0.700. The van der Waals surface area contributed by atoms with Crippen molar-refractivity contribution in [2.45, 2.75) is 32.4 Å². The van der Waals surface area contributed by atoms with Crippen LogP contribution < -0.4 is 5.32 Å². The molecular weight excluding hydrogens is 224 g/mol. The Kier molecular flexibility index (Phi) is 5.58. The van der Waals surface area contributed by atoms with Crippen LogP contribution >= 0.6 is 0 Å². The van der Waals surface area contributed by atoms with Crippen molar-refractivity contribution in [3.63, 3.8) is 0 Å². The van der Waals surface area contributed by atoms with Gasteiger partial charge in [0.05, 0.1) is 18.8 Å². The molecular formula is C10H18N4O3. The minimum Gasteiger partial charge on any atom is -0.476 e. The number of carboxylic acid groups (broad SMARTS) is 1. The normalized spacial score (nSPS) is 12.6. The topological polar surface area (TPSA) is 100 Å². The van der Waals surface area contributed by atoms with Gasteiger partial charge in [-0.15, -0.1) is 5.10 Å². The lowest BCUT2D eigenvalue weighted by Gasteiger charge is -2.08. The molecule has 0 aliphatic rings. The summed E-state index contributed by atoms with van der Waals surface area (Å²) >= 11 is 0. The van der Waals surface area contributed by atoms with E-state index in [1.165, 1.54) is 10.9 Å². The smallest absolute Gasteiger partial charge is 0.358 e. The van der Waals surface area contributed by atoms with E-state index in [1.54, 1.807) is 0 Å². The van der Waals surface area contributed by atoms with Crippen LogP contribution in [0, 0.1) is 0 Å². The Hall–Kier alpha value is -1.47. The summed E-state index contributed by atoms with van der Waals surface area (Å²) in [4.78, 5) is 10.5. The molecule has 0 radical (unpaired) electrons. The van der Waals surface area contributed by atoms with Crippen LogP contribution in [0.1, 0.15) is 30.3 Å². The first-order valence-corrected chi connectivity index (χ1v) is 5.65. The predicted octanol–water partition coefficient (Wildman–Crippen LogP) is -0.273. The van der Waals surface area contributed by atoms with Gasteiger partial charge >= 0.3 is 5.97 Å². The van der Waals surface area contributed by atoms with E-state index in [9.17, 15) is 9.90 Å². The first kappa shape index (κ1) is 13.6. The second kappa shape index (κ2) is 6.97. The number of aromatic nitrogens is 3. The van der Waals surface area contributed by atoms with Gasteiger partial charge in [0, 0.05) is 6.54 Å². The molecule has 0 aromatic carbocycles. The number of aliphatic hydroxyl groups is 1. The summed E-state index contributed by atoms with van der Waals surface area (Å²) in [6, 6.07) is 0. The molecule has 1 heterocycles. The molecule has 7 nitrogen and oxygen atoms in total. The number of carboxylic acids is 1. The SMILES string of the molecule is CCC(O)CCNCCn1cc(C(=O)O)nn1. The van der Waals surface area contributed by atoms with Gasteiger partial charge in [0.2, 0.25) is 0 Å². The first-order valence-electron chi connectivity index (χ1n) is 5.65. The van der Waals surface area contributed by atoms with Gasteiger partial charge in [-0.2, -0.15) is 0 Å². The lowest BCUT2D eigenvalue weighted by atomic mass is 10.2. The maximum Gasteiger partial charge on any atom is 0.358 e. The monoisotopic (exact) mass is 242 g/mol. The van der Waals surface area contributed by atoms with Crippen molar-refractivity contribution in [1.82, 2.24) is 20.3 Å². The largest absolute Gasteiger partial charge is 0.476 e. The summed E-state index contributed by atoms with van der Waals surface area (Å²) in [5, 5.41) is 28.3. The van der Waals surface area contributed by atoms with Crippen molar-refractivity contribution in [3.05, 3.63) is 11.9 Å². The summed E-state index contributed by atoms with van der Waals surface area (Å²) in [5.74, 6) is -1.07.